The number of rotatable bonds is 5. The topological polar surface area (TPSA) is 62.3 Å². The fourth-order valence-corrected chi connectivity index (χ4v) is 3.66. The van der Waals surface area contributed by atoms with E-state index in [-0.39, 0.29) is 17.1 Å². The van der Waals surface area contributed by atoms with Gasteiger partial charge in [-0.05, 0) is 25.1 Å². The van der Waals surface area contributed by atoms with E-state index >= 15 is 0 Å². The number of aromatic nitrogens is 1. The Balaban J connectivity index is 2.58. The van der Waals surface area contributed by atoms with Gasteiger partial charge < -0.3 is 5.32 Å². The van der Waals surface area contributed by atoms with Crippen LogP contribution in [0.1, 0.15) is 6.92 Å². The average Bonchev–Trinajstić information content (AvgIpc) is 2.49. The second-order valence-corrected chi connectivity index (χ2v) is 6.07. The van der Waals surface area contributed by atoms with E-state index in [4.69, 9.17) is 0 Å². The molecule has 2 rings (SSSR count). The van der Waals surface area contributed by atoms with Gasteiger partial charge in [0.25, 0.3) is 10.0 Å². The standard InChI is InChI=1S/C14H16FN3O2S/c1-3-18(13-7-5-4-6-11(13)15)21(19,20)14-10-17-9-8-12(14)16-2/h4-10H,3H2,1-2H3,(H,16,17). The highest BCUT2D eigenvalue weighted by Crippen LogP contribution is 2.29. The van der Waals surface area contributed by atoms with Crippen molar-refractivity contribution in [3.8, 4) is 0 Å². The Kier molecular flexibility index (Phi) is 4.42. The molecular formula is C14H16FN3O2S. The molecule has 0 unspecified atom stereocenters. The Morgan fingerprint density at radius 1 is 1.29 bits per heavy atom. The van der Waals surface area contributed by atoms with Crippen LogP contribution in [0.5, 0.6) is 0 Å². The summed E-state index contributed by atoms with van der Waals surface area (Å²) in [5.74, 6) is -0.585. The van der Waals surface area contributed by atoms with Crippen LogP contribution in [0.2, 0.25) is 0 Å². The van der Waals surface area contributed by atoms with Crippen molar-refractivity contribution in [2.75, 3.05) is 23.2 Å². The Morgan fingerprint density at radius 2 is 2.00 bits per heavy atom. The molecule has 0 aliphatic rings. The summed E-state index contributed by atoms with van der Waals surface area (Å²) in [6.07, 6.45) is 2.74. The number of para-hydroxylation sites is 1. The lowest BCUT2D eigenvalue weighted by atomic mass is 10.3. The molecule has 2 aromatic rings. The number of hydrogen-bond donors (Lipinski definition) is 1. The third-order valence-electron chi connectivity index (χ3n) is 3.03. The molecule has 1 aromatic carbocycles. The Bertz CT molecular complexity index is 735. The van der Waals surface area contributed by atoms with Crippen LogP contribution in [0.15, 0.2) is 47.6 Å². The first-order valence-electron chi connectivity index (χ1n) is 6.41. The maximum atomic E-state index is 13.9. The van der Waals surface area contributed by atoms with Crippen LogP contribution in [0.25, 0.3) is 0 Å². The smallest absolute Gasteiger partial charge is 0.268 e. The van der Waals surface area contributed by atoms with Crippen molar-refractivity contribution in [1.29, 1.82) is 0 Å². The SMILES string of the molecule is CCN(c1ccccc1F)S(=O)(=O)c1cnccc1NC. The predicted octanol–water partition coefficient (Wildman–Crippen LogP) is 2.48. The zero-order chi connectivity index (χ0) is 15.5. The monoisotopic (exact) mass is 309 g/mol. The van der Waals surface area contributed by atoms with E-state index in [2.05, 4.69) is 10.3 Å². The minimum atomic E-state index is -3.90. The second-order valence-electron chi connectivity index (χ2n) is 4.24. The highest BCUT2D eigenvalue weighted by molar-refractivity contribution is 7.93. The number of benzene rings is 1. The molecule has 0 spiro atoms. The van der Waals surface area contributed by atoms with Crippen molar-refractivity contribution in [2.24, 2.45) is 0 Å². The van der Waals surface area contributed by atoms with Crippen LogP contribution in [-0.2, 0) is 10.0 Å². The average molecular weight is 309 g/mol. The van der Waals surface area contributed by atoms with E-state index in [1.54, 1.807) is 26.1 Å². The van der Waals surface area contributed by atoms with Crippen molar-refractivity contribution >= 4 is 21.4 Å². The van der Waals surface area contributed by atoms with Crippen LogP contribution in [0.4, 0.5) is 15.8 Å². The lowest BCUT2D eigenvalue weighted by Crippen LogP contribution is -2.32. The van der Waals surface area contributed by atoms with Gasteiger partial charge in [-0.2, -0.15) is 0 Å². The lowest BCUT2D eigenvalue weighted by Gasteiger charge is -2.24. The quantitative estimate of drug-likeness (QED) is 0.921. The first-order chi connectivity index (χ1) is 10.0. The lowest BCUT2D eigenvalue weighted by molar-refractivity contribution is 0.586. The van der Waals surface area contributed by atoms with Gasteiger partial charge in [0.05, 0.1) is 11.4 Å². The Hall–Kier alpha value is -2.15. The van der Waals surface area contributed by atoms with E-state index in [1.807, 2.05) is 0 Å². The zero-order valence-corrected chi connectivity index (χ0v) is 12.6. The molecule has 0 amide bonds. The minimum absolute atomic E-state index is 0.0117. The second kappa shape index (κ2) is 6.09. The highest BCUT2D eigenvalue weighted by atomic mass is 32.2. The molecule has 0 radical (unpaired) electrons. The first-order valence-corrected chi connectivity index (χ1v) is 7.85. The van der Waals surface area contributed by atoms with Crippen LogP contribution < -0.4 is 9.62 Å². The summed E-state index contributed by atoms with van der Waals surface area (Å²) in [6, 6.07) is 7.34. The molecule has 0 aliphatic carbocycles. The molecule has 0 bridgehead atoms. The summed E-state index contributed by atoms with van der Waals surface area (Å²) in [5.41, 5.74) is 0.436. The number of pyridine rings is 1. The van der Waals surface area contributed by atoms with Crippen LogP contribution in [0.3, 0.4) is 0 Å². The van der Waals surface area contributed by atoms with Crippen molar-refractivity contribution in [1.82, 2.24) is 4.98 Å². The van der Waals surface area contributed by atoms with Gasteiger partial charge in [0.15, 0.2) is 0 Å². The van der Waals surface area contributed by atoms with Crippen molar-refractivity contribution in [3.05, 3.63) is 48.5 Å². The molecule has 21 heavy (non-hydrogen) atoms. The number of sulfonamides is 1. The number of nitrogens with one attached hydrogen (secondary N) is 1. The molecule has 0 saturated carbocycles. The van der Waals surface area contributed by atoms with Crippen molar-refractivity contribution in [2.45, 2.75) is 11.8 Å². The third-order valence-corrected chi connectivity index (χ3v) is 4.95. The van der Waals surface area contributed by atoms with Crippen molar-refractivity contribution < 1.29 is 12.8 Å². The number of hydrogen-bond acceptors (Lipinski definition) is 4. The minimum Gasteiger partial charge on any atom is -0.387 e. The molecule has 5 nitrogen and oxygen atoms in total. The molecule has 7 heteroatoms. The molecule has 0 saturated heterocycles. The maximum absolute atomic E-state index is 13.9. The van der Waals surface area contributed by atoms with Gasteiger partial charge in [0.2, 0.25) is 0 Å². The van der Waals surface area contributed by atoms with E-state index in [0.717, 1.165) is 4.31 Å². The Morgan fingerprint density at radius 3 is 2.62 bits per heavy atom. The highest BCUT2D eigenvalue weighted by Gasteiger charge is 2.28. The van der Waals surface area contributed by atoms with Crippen LogP contribution in [0, 0.1) is 5.82 Å². The summed E-state index contributed by atoms with van der Waals surface area (Å²) < 4.78 is 40.5. The summed E-state index contributed by atoms with van der Waals surface area (Å²) in [5, 5.41) is 2.81. The van der Waals surface area contributed by atoms with E-state index < -0.39 is 15.8 Å². The molecular weight excluding hydrogens is 293 g/mol. The van der Waals surface area contributed by atoms with Gasteiger partial charge in [-0.15, -0.1) is 0 Å². The summed E-state index contributed by atoms with van der Waals surface area (Å²) in [7, 11) is -2.28. The molecule has 0 fully saturated rings. The van der Waals surface area contributed by atoms with Gasteiger partial charge in [-0.25, -0.2) is 12.8 Å². The van der Waals surface area contributed by atoms with Crippen molar-refractivity contribution in [3.63, 3.8) is 0 Å². The molecule has 1 N–H and O–H groups in total. The van der Waals surface area contributed by atoms with Crippen LogP contribution in [-0.4, -0.2) is 27.0 Å². The number of halogens is 1. The van der Waals surface area contributed by atoms with E-state index in [9.17, 15) is 12.8 Å². The third kappa shape index (κ3) is 2.82. The summed E-state index contributed by atoms with van der Waals surface area (Å²) >= 11 is 0. The van der Waals surface area contributed by atoms with Gasteiger partial charge >= 0.3 is 0 Å². The van der Waals surface area contributed by atoms with E-state index in [1.165, 1.54) is 30.6 Å². The first kappa shape index (κ1) is 15.2. The molecule has 0 atom stereocenters. The van der Waals surface area contributed by atoms with Gasteiger partial charge in [0, 0.05) is 26.0 Å². The summed E-state index contributed by atoms with van der Waals surface area (Å²) in [4.78, 5) is 3.86. The molecule has 1 aromatic heterocycles. The van der Waals surface area contributed by atoms with Crippen LogP contribution >= 0.6 is 0 Å². The Labute approximate surface area is 123 Å². The summed E-state index contributed by atoms with van der Waals surface area (Å²) in [6.45, 7) is 1.76. The van der Waals surface area contributed by atoms with Gasteiger partial charge in [0.1, 0.15) is 10.7 Å². The zero-order valence-electron chi connectivity index (χ0n) is 11.7. The molecule has 0 aliphatic heterocycles. The predicted molar refractivity (Wildman–Crippen MR) is 80.4 cm³/mol. The molecule has 112 valence electrons. The fraction of sp³-hybridized carbons (Fsp3) is 0.214. The normalized spacial score (nSPS) is 11.2. The largest absolute Gasteiger partial charge is 0.387 e. The fourth-order valence-electron chi connectivity index (χ4n) is 2.03. The van der Waals surface area contributed by atoms with E-state index in [0.29, 0.717) is 5.69 Å². The maximum Gasteiger partial charge on any atom is 0.268 e. The molecule has 1 heterocycles. The number of anilines is 2. The number of nitrogens with zero attached hydrogens (tertiary/aromatic N) is 2. The van der Waals surface area contributed by atoms with Gasteiger partial charge in [-0.1, -0.05) is 12.1 Å². The van der Waals surface area contributed by atoms with Gasteiger partial charge in [-0.3, -0.25) is 9.29 Å².